The molecule has 0 bridgehead atoms. The van der Waals surface area contributed by atoms with Gasteiger partial charge < -0.3 is 9.47 Å². The van der Waals surface area contributed by atoms with Crippen LogP contribution in [0.5, 0.6) is 11.5 Å². The Balaban J connectivity index is 1.42. The number of thiazole rings is 2. The van der Waals surface area contributed by atoms with Gasteiger partial charge in [0.25, 0.3) is 5.91 Å². The fraction of sp³-hybridized carbons (Fsp3) is 0.150. The molecule has 0 fully saturated rings. The van der Waals surface area contributed by atoms with Gasteiger partial charge in [-0.1, -0.05) is 35.1 Å². The van der Waals surface area contributed by atoms with Crippen molar-refractivity contribution in [1.82, 2.24) is 9.97 Å². The standard InChI is InChI=1S/C20H17N3O3S2/c1-12-6-8-13(9-7-12)26-10-17-21-14(11-27-17)19(24)23-20-22-18-15(25-2)4-3-5-16(18)28-20/h3-9,11H,10H2,1-2H3,(H,22,23,24). The fourth-order valence-corrected chi connectivity index (χ4v) is 4.13. The van der Waals surface area contributed by atoms with E-state index in [4.69, 9.17) is 9.47 Å². The molecule has 0 aliphatic heterocycles. The molecule has 2 heterocycles. The summed E-state index contributed by atoms with van der Waals surface area (Å²) in [6.45, 7) is 2.34. The zero-order chi connectivity index (χ0) is 19.5. The number of nitrogens with zero attached hydrogens (tertiary/aromatic N) is 2. The second kappa shape index (κ2) is 7.95. The predicted octanol–water partition coefficient (Wildman–Crippen LogP) is 4.90. The first-order valence-corrected chi connectivity index (χ1v) is 10.2. The Bertz CT molecular complexity index is 1120. The van der Waals surface area contributed by atoms with Gasteiger partial charge in [0.05, 0.1) is 11.8 Å². The molecule has 1 N–H and O–H groups in total. The second-order valence-electron chi connectivity index (χ2n) is 6.01. The fourth-order valence-electron chi connectivity index (χ4n) is 2.56. The van der Waals surface area contributed by atoms with Gasteiger partial charge in [0.15, 0.2) is 5.13 Å². The summed E-state index contributed by atoms with van der Waals surface area (Å²) >= 11 is 2.78. The van der Waals surface area contributed by atoms with Crippen molar-refractivity contribution in [1.29, 1.82) is 0 Å². The molecule has 0 saturated heterocycles. The maximum atomic E-state index is 12.5. The summed E-state index contributed by atoms with van der Waals surface area (Å²) in [5.74, 6) is 1.16. The zero-order valence-corrected chi connectivity index (χ0v) is 16.9. The minimum atomic E-state index is -0.296. The maximum Gasteiger partial charge on any atom is 0.276 e. The normalized spacial score (nSPS) is 10.8. The van der Waals surface area contributed by atoms with Crippen LogP contribution >= 0.6 is 22.7 Å². The molecule has 0 atom stereocenters. The molecule has 0 unspecified atom stereocenters. The van der Waals surface area contributed by atoms with Crippen molar-refractivity contribution < 1.29 is 14.3 Å². The van der Waals surface area contributed by atoms with Gasteiger partial charge in [-0.3, -0.25) is 10.1 Å². The lowest BCUT2D eigenvalue weighted by Gasteiger charge is -2.03. The Morgan fingerprint density at radius 2 is 1.96 bits per heavy atom. The van der Waals surface area contributed by atoms with E-state index in [2.05, 4.69) is 15.3 Å². The molecule has 4 aromatic rings. The smallest absolute Gasteiger partial charge is 0.276 e. The highest BCUT2D eigenvalue weighted by Gasteiger charge is 2.15. The first-order valence-electron chi connectivity index (χ1n) is 8.51. The van der Waals surface area contributed by atoms with E-state index in [1.54, 1.807) is 12.5 Å². The summed E-state index contributed by atoms with van der Waals surface area (Å²) in [6.07, 6.45) is 0. The molecule has 0 aliphatic rings. The van der Waals surface area contributed by atoms with E-state index in [0.29, 0.717) is 23.2 Å². The molecule has 2 aromatic carbocycles. The van der Waals surface area contributed by atoms with Crippen LogP contribution in [-0.4, -0.2) is 23.0 Å². The number of hydrogen-bond acceptors (Lipinski definition) is 7. The molecule has 0 saturated carbocycles. The molecule has 0 radical (unpaired) electrons. The Hall–Kier alpha value is -2.97. The number of nitrogens with one attached hydrogen (secondary N) is 1. The number of hydrogen-bond donors (Lipinski definition) is 1. The van der Waals surface area contributed by atoms with Crippen LogP contribution in [0.25, 0.3) is 10.2 Å². The molecule has 4 rings (SSSR count). The van der Waals surface area contributed by atoms with Crippen LogP contribution in [-0.2, 0) is 6.61 Å². The lowest BCUT2D eigenvalue weighted by molar-refractivity contribution is 0.102. The molecule has 2 aromatic heterocycles. The maximum absolute atomic E-state index is 12.5. The van der Waals surface area contributed by atoms with Gasteiger partial charge in [0.1, 0.15) is 34.3 Å². The van der Waals surface area contributed by atoms with E-state index < -0.39 is 0 Å². The summed E-state index contributed by atoms with van der Waals surface area (Å²) < 4.78 is 12.0. The summed E-state index contributed by atoms with van der Waals surface area (Å²) in [5.41, 5.74) is 2.25. The lowest BCUT2D eigenvalue weighted by atomic mass is 10.2. The molecule has 0 spiro atoms. The van der Waals surface area contributed by atoms with Gasteiger partial charge in [-0.25, -0.2) is 9.97 Å². The van der Waals surface area contributed by atoms with Gasteiger partial charge in [0.2, 0.25) is 0 Å². The third-order valence-electron chi connectivity index (χ3n) is 3.99. The van der Waals surface area contributed by atoms with Gasteiger partial charge >= 0.3 is 0 Å². The molecule has 0 aliphatic carbocycles. The number of aryl methyl sites for hydroxylation is 1. The summed E-state index contributed by atoms with van der Waals surface area (Å²) in [5, 5.41) is 5.77. The number of amides is 1. The van der Waals surface area contributed by atoms with Crippen molar-refractivity contribution in [3.05, 3.63) is 64.1 Å². The Labute approximate surface area is 169 Å². The van der Waals surface area contributed by atoms with Gasteiger partial charge in [-0.15, -0.1) is 11.3 Å². The third kappa shape index (κ3) is 3.97. The van der Waals surface area contributed by atoms with Crippen LogP contribution < -0.4 is 14.8 Å². The van der Waals surface area contributed by atoms with Crippen molar-refractivity contribution >= 4 is 43.9 Å². The molecular formula is C20H17N3O3S2. The largest absolute Gasteiger partial charge is 0.494 e. The van der Waals surface area contributed by atoms with Crippen LogP contribution in [0.2, 0.25) is 0 Å². The van der Waals surface area contributed by atoms with E-state index in [9.17, 15) is 4.79 Å². The number of ether oxygens (including phenoxy) is 2. The second-order valence-corrected chi connectivity index (χ2v) is 7.98. The first kappa shape index (κ1) is 18.4. The molecular weight excluding hydrogens is 394 g/mol. The SMILES string of the molecule is COc1cccc2sc(NC(=O)c3csc(COc4ccc(C)cc4)n3)nc12. The van der Waals surface area contributed by atoms with Crippen LogP contribution in [0.1, 0.15) is 21.1 Å². The van der Waals surface area contributed by atoms with E-state index in [0.717, 1.165) is 21.0 Å². The molecule has 6 nitrogen and oxygen atoms in total. The third-order valence-corrected chi connectivity index (χ3v) is 5.75. The van der Waals surface area contributed by atoms with E-state index in [-0.39, 0.29) is 5.91 Å². The average molecular weight is 412 g/mol. The number of carbonyl (C=O) groups excluding carboxylic acids is 1. The number of carbonyl (C=O) groups is 1. The van der Waals surface area contributed by atoms with Crippen molar-refractivity contribution in [3.63, 3.8) is 0 Å². The van der Waals surface area contributed by atoms with Gasteiger partial charge in [-0.2, -0.15) is 0 Å². The summed E-state index contributed by atoms with van der Waals surface area (Å²) in [7, 11) is 1.60. The number of aromatic nitrogens is 2. The summed E-state index contributed by atoms with van der Waals surface area (Å²) in [6, 6.07) is 13.5. The molecule has 28 heavy (non-hydrogen) atoms. The van der Waals surface area contributed by atoms with Crippen LogP contribution in [0, 0.1) is 6.92 Å². The number of fused-ring (bicyclic) bond motifs is 1. The minimum absolute atomic E-state index is 0.296. The predicted molar refractivity (Wildman–Crippen MR) is 112 cm³/mol. The van der Waals surface area contributed by atoms with Crippen LogP contribution in [0.15, 0.2) is 47.8 Å². The number of anilines is 1. The van der Waals surface area contributed by atoms with Crippen LogP contribution in [0.4, 0.5) is 5.13 Å². The van der Waals surface area contributed by atoms with E-state index in [1.807, 2.05) is 49.4 Å². The van der Waals surface area contributed by atoms with Crippen molar-refractivity contribution in [2.75, 3.05) is 12.4 Å². The number of para-hydroxylation sites is 1. The van der Waals surface area contributed by atoms with Crippen molar-refractivity contribution in [2.24, 2.45) is 0 Å². The van der Waals surface area contributed by atoms with Crippen molar-refractivity contribution in [2.45, 2.75) is 13.5 Å². The number of rotatable bonds is 6. The lowest BCUT2D eigenvalue weighted by Crippen LogP contribution is -2.12. The molecule has 1 amide bonds. The van der Waals surface area contributed by atoms with E-state index in [1.165, 1.54) is 28.2 Å². The van der Waals surface area contributed by atoms with Gasteiger partial charge in [0, 0.05) is 5.38 Å². The zero-order valence-electron chi connectivity index (χ0n) is 15.3. The highest BCUT2D eigenvalue weighted by atomic mass is 32.1. The monoisotopic (exact) mass is 411 g/mol. The Kier molecular flexibility index (Phi) is 5.23. The Morgan fingerprint density at radius 3 is 2.75 bits per heavy atom. The molecule has 142 valence electrons. The highest BCUT2D eigenvalue weighted by Crippen LogP contribution is 2.32. The number of benzene rings is 2. The first-order chi connectivity index (χ1) is 13.6. The molecule has 8 heteroatoms. The van der Waals surface area contributed by atoms with Gasteiger partial charge in [-0.05, 0) is 31.2 Å². The van der Waals surface area contributed by atoms with E-state index >= 15 is 0 Å². The topological polar surface area (TPSA) is 73.3 Å². The quantitative estimate of drug-likeness (QED) is 0.488. The highest BCUT2D eigenvalue weighted by molar-refractivity contribution is 7.22. The number of methoxy groups -OCH3 is 1. The Morgan fingerprint density at radius 1 is 1.14 bits per heavy atom. The van der Waals surface area contributed by atoms with Crippen LogP contribution in [0.3, 0.4) is 0 Å². The average Bonchev–Trinajstić information content (AvgIpc) is 3.33. The van der Waals surface area contributed by atoms with Crippen molar-refractivity contribution in [3.8, 4) is 11.5 Å². The summed E-state index contributed by atoms with van der Waals surface area (Å²) in [4.78, 5) is 21.3. The minimum Gasteiger partial charge on any atom is -0.494 e.